The van der Waals surface area contributed by atoms with Crippen molar-refractivity contribution in [2.75, 3.05) is 0 Å². The first-order valence-corrected chi connectivity index (χ1v) is 12.6. The molecule has 0 bridgehead atoms. The van der Waals surface area contributed by atoms with Crippen molar-refractivity contribution in [3.8, 4) is 22.5 Å². The predicted octanol–water partition coefficient (Wildman–Crippen LogP) is 3.39. The lowest BCUT2D eigenvalue weighted by atomic mass is 9.98. The largest absolute Gasteiger partial charge is 0.350 e. The predicted molar refractivity (Wildman–Crippen MR) is 146 cm³/mol. The normalized spacial score (nSPS) is 12.1. The summed E-state index contributed by atoms with van der Waals surface area (Å²) in [4.78, 5) is 25.7. The maximum absolute atomic E-state index is 13.1. The van der Waals surface area contributed by atoms with Gasteiger partial charge in [0, 0.05) is 24.1 Å². The van der Waals surface area contributed by atoms with Gasteiger partial charge in [0.05, 0.1) is 0 Å². The Hall–Kier alpha value is -4.37. The van der Waals surface area contributed by atoms with Crippen LogP contribution in [0.15, 0.2) is 78.9 Å². The average Bonchev–Trinajstić information content (AvgIpc) is 3.44. The second kappa shape index (κ2) is 12.2. The number of carbonyl (C=O) groups is 2. The van der Waals surface area contributed by atoms with Crippen LogP contribution in [0.5, 0.6) is 0 Å². The molecule has 0 saturated carbocycles. The fourth-order valence-electron chi connectivity index (χ4n) is 4.20. The third kappa shape index (κ3) is 7.57. The minimum atomic E-state index is -0.661. The lowest BCUT2D eigenvalue weighted by Gasteiger charge is -2.22. The Morgan fingerprint density at radius 1 is 0.921 bits per heavy atom. The molecule has 0 aliphatic rings. The van der Waals surface area contributed by atoms with Crippen LogP contribution in [0, 0.1) is 0 Å². The van der Waals surface area contributed by atoms with Crippen molar-refractivity contribution in [2.45, 2.75) is 51.2 Å². The molecule has 0 radical (unpaired) electrons. The number of H-pyrrole nitrogens is 1. The van der Waals surface area contributed by atoms with E-state index in [1.165, 1.54) is 0 Å². The van der Waals surface area contributed by atoms with Gasteiger partial charge in [-0.3, -0.25) is 9.59 Å². The summed E-state index contributed by atoms with van der Waals surface area (Å²) in [6.45, 7) is 3.91. The van der Waals surface area contributed by atoms with E-state index < -0.39 is 11.6 Å². The van der Waals surface area contributed by atoms with Gasteiger partial charge in [-0.2, -0.15) is 5.21 Å². The summed E-state index contributed by atoms with van der Waals surface area (Å²) in [6, 6.07) is 25.0. The van der Waals surface area contributed by atoms with Crippen LogP contribution in [0.4, 0.5) is 0 Å². The van der Waals surface area contributed by atoms with Gasteiger partial charge in [-0.1, -0.05) is 78.9 Å². The monoisotopic (exact) mass is 511 g/mol. The van der Waals surface area contributed by atoms with Crippen LogP contribution >= 0.6 is 0 Å². The average molecular weight is 512 g/mol. The van der Waals surface area contributed by atoms with Crippen molar-refractivity contribution in [1.82, 2.24) is 31.3 Å². The number of aromatic amines is 1. The molecule has 0 aliphatic heterocycles. The van der Waals surface area contributed by atoms with Gasteiger partial charge in [0.15, 0.2) is 0 Å². The summed E-state index contributed by atoms with van der Waals surface area (Å²) in [5.74, 6) is 0.0597. The Morgan fingerprint density at radius 3 is 2.26 bits per heavy atom. The number of nitrogens with zero attached hydrogens (tertiary/aromatic N) is 3. The molecule has 0 aliphatic carbocycles. The van der Waals surface area contributed by atoms with E-state index in [1.54, 1.807) is 13.8 Å². The van der Waals surface area contributed by atoms with Gasteiger partial charge < -0.3 is 16.4 Å². The summed E-state index contributed by atoms with van der Waals surface area (Å²) in [5, 5.41) is 20.2. The van der Waals surface area contributed by atoms with E-state index in [-0.39, 0.29) is 18.2 Å². The molecule has 196 valence electrons. The summed E-state index contributed by atoms with van der Waals surface area (Å²) < 4.78 is 0. The number of tetrazole rings is 1. The molecule has 0 spiro atoms. The lowest BCUT2D eigenvalue weighted by Crippen LogP contribution is -2.49. The SMILES string of the molecule is CC(C)(N)CC(=O)N[C@H](CCc1ccccc1)C(=O)NCc1ccc(-c2ccccc2-c2nn[nH]n2)cc1. The van der Waals surface area contributed by atoms with E-state index >= 15 is 0 Å². The third-order valence-corrected chi connectivity index (χ3v) is 6.08. The van der Waals surface area contributed by atoms with Crippen molar-refractivity contribution in [2.24, 2.45) is 5.73 Å². The van der Waals surface area contributed by atoms with Gasteiger partial charge in [0.25, 0.3) is 0 Å². The molecule has 4 aromatic rings. The molecule has 1 atom stereocenters. The van der Waals surface area contributed by atoms with Gasteiger partial charge in [0.2, 0.25) is 17.6 Å². The van der Waals surface area contributed by atoms with Crippen LogP contribution in [0.25, 0.3) is 22.5 Å². The zero-order chi connectivity index (χ0) is 27.0. The molecule has 1 heterocycles. The van der Waals surface area contributed by atoms with Crippen LogP contribution in [-0.2, 0) is 22.6 Å². The summed E-state index contributed by atoms with van der Waals surface area (Å²) in [6.07, 6.45) is 1.28. The van der Waals surface area contributed by atoms with Gasteiger partial charge in [-0.15, -0.1) is 10.2 Å². The molecule has 38 heavy (non-hydrogen) atoms. The highest BCUT2D eigenvalue weighted by molar-refractivity contribution is 5.88. The smallest absolute Gasteiger partial charge is 0.242 e. The summed E-state index contributed by atoms with van der Waals surface area (Å²) in [7, 11) is 0. The Morgan fingerprint density at radius 2 is 1.61 bits per heavy atom. The van der Waals surface area contributed by atoms with Gasteiger partial charge in [-0.05, 0) is 54.2 Å². The lowest BCUT2D eigenvalue weighted by molar-refractivity contribution is -0.129. The van der Waals surface area contributed by atoms with E-state index in [1.807, 2.05) is 78.9 Å². The van der Waals surface area contributed by atoms with Crippen LogP contribution in [0.3, 0.4) is 0 Å². The second-order valence-electron chi connectivity index (χ2n) is 10.0. The third-order valence-electron chi connectivity index (χ3n) is 6.08. The molecule has 5 N–H and O–H groups in total. The zero-order valence-electron chi connectivity index (χ0n) is 21.6. The summed E-state index contributed by atoms with van der Waals surface area (Å²) in [5.41, 5.74) is 10.3. The number of nitrogens with one attached hydrogen (secondary N) is 3. The summed E-state index contributed by atoms with van der Waals surface area (Å²) >= 11 is 0. The molecular weight excluding hydrogens is 478 g/mol. The van der Waals surface area contributed by atoms with E-state index in [9.17, 15) is 9.59 Å². The van der Waals surface area contributed by atoms with Crippen molar-refractivity contribution >= 4 is 11.8 Å². The van der Waals surface area contributed by atoms with Crippen LogP contribution in [0.1, 0.15) is 37.8 Å². The van der Waals surface area contributed by atoms with Crippen LogP contribution in [-0.4, -0.2) is 44.0 Å². The molecule has 2 amide bonds. The molecule has 4 rings (SSSR count). The number of amides is 2. The molecule has 1 aromatic heterocycles. The topological polar surface area (TPSA) is 139 Å². The number of carbonyl (C=O) groups excluding carboxylic acids is 2. The zero-order valence-corrected chi connectivity index (χ0v) is 21.6. The number of nitrogens with two attached hydrogens (primary N) is 1. The number of benzene rings is 3. The first kappa shape index (κ1) is 26.7. The molecule has 0 fully saturated rings. The Balaban J connectivity index is 1.41. The van der Waals surface area contributed by atoms with Crippen molar-refractivity contribution < 1.29 is 9.59 Å². The van der Waals surface area contributed by atoms with Crippen molar-refractivity contribution in [3.63, 3.8) is 0 Å². The Kier molecular flexibility index (Phi) is 8.60. The highest BCUT2D eigenvalue weighted by Crippen LogP contribution is 2.29. The quantitative estimate of drug-likeness (QED) is 0.243. The fraction of sp³-hybridized carbons (Fsp3) is 0.276. The maximum atomic E-state index is 13.1. The molecule has 0 unspecified atom stereocenters. The fourth-order valence-corrected chi connectivity index (χ4v) is 4.20. The molecular formula is C29H33N7O2. The Bertz CT molecular complexity index is 1330. The minimum absolute atomic E-state index is 0.134. The number of hydrogen-bond donors (Lipinski definition) is 4. The second-order valence-corrected chi connectivity index (χ2v) is 10.0. The van der Waals surface area contributed by atoms with E-state index in [0.717, 1.165) is 27.8 Å². The van der Waals surface area contributed by atoms with Crippen molar-refractivity contribution in [1.29, 1.82) is 0 Å². The number of hydrogen-bond acceptors (Lipinski definition) is 6. The number of aryl methyl sites for hydroxylation is 1. The highest BCUT2D eigenvalue weighted by Gasteiger charge is 2.23. The van der Waals surface area contributed by atoms with Gasteiger partial charge in [0.1, 0.15) is 6.04 Å². The molecule has 9 nitrogen and oxygen atoms in total. The first-order valence-electron chi connectivity index (χ1n) is 12.6. The first-order chi connectivity index (χ1) is 18.3. The molecule has 3 aromatic carbocycles. The standard InChI is InChI=1S/C29H33N7O2/c1-29(2,30)18-26(37)32-25(17-14-20-8-4-3-5-9-20)28(38)31-19-21-12-15-22(16-13-21)23-10-6-7-11-24(23)27-33-35-36-34-27/h3-13,15-16,25H,14,17-19,30H2,1-2H3,(H,31,38)(H,32,37)(H,33,34,35,36)/t25-/m1/s1. The van der Waals surface area contributed by atoms with Crippen LogP contribution < -0.4 is 16.4 Å². The minimum Gasteiger partial charge on any atom is -0.350 e. The van der Waals surface area contributed by atoms with E-state index in [4.69, 9.17) is 5.73 Å². The van der Waals surface area contributed by atoms with Crippen LogP contribution in [0.2, 0.25) is 0 Å². The van der Waals surface area contributed by atoms with Crippen molar-refractivity contribution in [3.05, 3.63) is 90.0 Å². The Labute approximate surface area is 222 Å². The number of rotatable bonds is 11. The van der Waals surface area contributed by atoms with E-state index in [2.05, 4.69) is 31.3 Å². The molecule has 0 saturated heterocycles. The molecule has 9 heteroatoms. The maximum Gasteiger partial charge on any atom is 0.242 e. The van der Waals surface area contributed by atoms with Gasteiger partial charge >= 0.3 is 0 Å². The number of aromatic nitrogens is 4. The van der Waals surface area contributed by atoms with Gasteiger partial charge in [-0.25, -0.2) is 0 Å². The van der Waals surface area contributed by atoms with E-state index in [0.29, 0.717) is 25.2 Å². The highest BCUT2D eigenvalue weighted by atomic mass is 16.2.